The van der Waals surface area contributed by atoms with Gasteiger partial charge in [0.2, 0.25) is 0 Å². The number of nitrogens with zero attached hydrogens (tertiary/aromatic N) is 2. The molecule has 0 aliphatic heterocycles. The molecule has 2 aromatic carbocycles. The first kappa shape index (κ1) is 30.8. The van der Waals surface area contributed by atoms with Crippen LogP contribution in [-0.2, 0) is 5.67 Å². The van der Waals surface area contributed by atoms with Crippen molar-refractivity contribution in [1.82, 2.24) is 4.98 Å². The SMILES string of the molecule is CN(C(=O)c1ccc(Cl)nc1)c1cccc(C(=O)Nc2c(Br)cc(C(F)(C(F)(F)F)C(F)(F)F)cc2Br)c1F. The predicted molar refractivity (Wildman–Crippen MR) is 133 cm³/mol. The number of alkyl halides is 7. The number of halogens is 11. The van der Waals surface area contributed by atoms with Crippen LogP contribution in [0.15, 0.2) is 57.6 Å². The van der Waals surface area contributed by atoms with Gasteiger partial charge in [-0.25, -0.2) is 13.8 Å². The number of hydrogen-bond acceptors (Lipinski definition) is 3. The summed E-state index contributed by atoms with van der Waals surface area (Å²) in [5.41, 5.74) is -8.87. The Hall–Kier alpha value is -2.78. The van der Waals surface area contributed by atoms with Gasteiger partial charge in [0.1, 0.15) is 5.15 Å². The van der Waals surface area contributed by atoms with Crippen molar-refractivity contribution >= 4 is 66.6 Å². The number of carbonyl (C=O) groups excluding carboxylic acids is 2. The second-order valence-electron chi connectivity index (χ2n) is 7.80. The molecule has 0 aliphatic rings. The first-order valence-corrected chi connectivity index (χ1v) is 12.2. The normalized spacial score (nSPS) is 12.3. The quantitative estimate of drug-likeness (QED) is 0.215. The number of nitrogens with one attached hydrogen (secondary N) is 1. The zero-order valence-corrected chi connectivity index (χ0v) is 22.9. The summed E-state index contributed by atoms with van der Waals surface area (Å²) >= 11 is 11.1. The average molecular weight is 710 g/mol. The molecule has 0 spiro atoms. The van der Waals surface area contributed by atoms with E-state index in [-0.39, 0.29) is 28.5 Å². The first-order valence-electron chi connectivity index (χ1n) is 10.2. The number of rotatable bonds is 5. The molecule has 16 heteroatoms. The number of amides is 2. The summed E-state index contributed by atoms with van der Waals surface area (Å²) in [4.78, 5) is 30.2. The maximum Gasteiger partial charge on any atom is 0.435 e. The average Bonchev–Trinajstić information content (AvgIpc) is 2.83. The van der Waals surface area contributed by atoms with Crippen LogP contribution in [0.3, 0.4) is 0 Å². The molecule has 0 aliphatic carbocycles. The van der Waals surface area contributed by atoms with E-state index in [1.54, 1.807) is 0 Å². The molecule has 0 radical (unpaired) electrons. The van der Waals surface area contributed by atoms with Crippen molar-refractivity contribution in [2.24, 2.45) is 0 Å². The molecule has 1 aromatic heterocycles. The minimum absolute atomic E-state index is 0.0470. The molecular formula is C23H12Br2ClF8N3O2. The van der Waals surface area contributed by atoms with E-state index >= 15 is 4.39 Å². The lowest BCUT2D eigenvalue weighted by molar-refractivity contribution is -0.348. The zero-order valence-electron chi connectivity index (χ0n) is 19.0. The Morgan fingerprint density at radius 2 is 1.51 bits per heavy atom. The highest BCUT2D eigenvalue weighted by atomic mass is 79.9. The summed E-state index contributed by atoms with van der Waals surface area (Å²) in [5, 5.41) is 2.25. The van der Waals surface area contributed by atoms with E-state index in [9.17, 15) is 40.3 Å². The molecule has 1 N–H and O–H groups in total. The minimum Gasteiger partial charge on any atom is -0.320 e. The molecule has 0 saturated carbocycles. The minimum atomic E-state index is -6.36. The Balaban J connectivity index is 1.95. The van der Waals surface area contributed by atoms with Gasteiger partial charge in [0.25, 0.3) is 11.8 Å². The van der Waals surface area contributed by atoms with Gasteiger partial charge in [-0.1, -0.05) is 17.7 Å². The number of hydrogen-bond donors (Lipinski definition) is 1. The van der Waals surface area contributed by atoms with Crippen LogP contribution in [0.2, 0.25) is 5.15 Å². The Bertz CT molecular complexity index is 1400. The Labute approximate surface area is 236 Å². The van der Waals surface area contributed by atoms with Crippen molar-refractivity contribution < 1.29 is 44.7 Å². The molecule has 0 unspecified atom stereocenters. The molecule has 3 aromatic rings. The predicted octanol–water partition coefficient (Wildman–Crippen LogP) is 8.22. The summed E-state index contributed by atoms with van der Waals surface area (Å²) in [6.07, 6.45) is -11.6. The van der Waals surface area contributed by atoms with Gasteiger partial charge in [-0.05, 0) is 68.3 Å². The van der Waals surface area contributed by atoms with Crippen LogP contribution in [0, 0.1) is 5.82 Å². The Morgan fingerprint density at radius 3 is 2.00 bits per heavy atom. The second kappa shape index (κ2) is 11.0. The fourth-order valence-electron chi connectivity index (χ4n) is 3.32. The van der Waals surface area contributed by atoms with E-state index in [1.807, 2.05) is 0 Å². The van der Waals surface area contributed by atoms with Crippen LogP contribution in [-0.4, -0.2) is 36.2 Å². The number of carbonyl (C=O) groups is 2. The molecule has 0 atom stereocenters. The Morgan fingerprint density at radius 1 is 0.949 bits per heavy atom. The molecular weight excluding hydrogens is 698 g/mol. The van der Waals surface area contributed by atoms with Crippen molar-refractivity contribution in [3.63, 3.8) is 0 Å². The summed E-state index contributed by atoms with van der Waals surface area (Å²) < 4.78 is 107. The molecule has 0 saturated heterocycles. The van der Waals surface area contributed by atoms with Gasteiger partial charge in [0, 0.05) is 27.8 Å². The maximum atomic E-state index is 15.3. The van der Waals surface area contributed by atoms with Gasteiger partial charge in [0.05, 0.1) is 22.5 Å². The highest BCUT2D eigenvalue weighted by Crippen LogP contribution is 2.54. The topological polar surface area (TPSA) is 62.3 Å². The fourth-order valence-corrected chi connectivity index (χ4v) is 4.82. The highest BCUT2D eigenvalue weighted by molar-refractivity contribution is 9.11. The van der Waals surface area contributed by atoms with Crippen molar-refractivity contribution in [2.45, 2.75) is 18.0 Å². The molecule has 0 bridgehead atoms. The number of pyridine rings is 1. The molecule has 39 heavy (non-hydrogen) atoms. The van der Waals surface area contributed by atoms with Crippen LogP contribution in [0.4, 0.5) is 46.5 Å². The van der Waals surface area contributed by atoms with E-state index < -0.39 is 61.4 Å². The van der Waals surface area contributed by atoms with Gasteiger partial charge < -0.3 is 10.2 Å². The van der Waals surface area contributed by atoms with Crippen LogP contribution >= 0.6 is 43.5 Å². The fraction of sp³-hybridized carbons (Fsp3) is 0.174. The summed E-state index contributed by atoms with van der Waals surface area (Å²) in [6.45, 7) is 0. The number of anilines is 2. The highest BCUT2D eigenvalue weighted by Gasteiger charge is 2.73. The van der Waals surface area contributed by atoms with Crippen molar-refractivity contribution in [3.8, 4) is 0 Å². The number of benzene rings is 2. The monoisotopic (exact) mass is 707 g/mol. The summed E-state index contributed by atoms with van der Waals surface area (Å²) in [5.74, 6) is -3.06. The Kier molecular flexibility index (Phi) is 8.68. The van der Waals surface area contributed by atoms with E-state index in [4.69, 9.17) is 11.6 Å². The van der Waals surface area contributed by atoms with Gasteiger partial charge in [-0.15, -0.1) is 0 Å². The van der Waals surface area contributed by atoms with Gasteiger partial charge in [-0.2, -0.15) is 26.3 Å². The van der Waals surface area contributed by atoms with E-state index in [2.05, 4.69) is 42.2 Å². The van der Waals surface area contributed by atoms with Gasteiger partial charge in [0.15, 0.2) is 5.82 Å². The van der Waals surface area contributed by atoms with Gasteiger partial charge >= 0.3 is 18.0 Å². The standard InChI is InChI=1S/C23H12Br2ClF8N3O2/c1-37(20(39)10-5-6-16(26)35-9-10)15-4-2-3-12(17(15)27)19(38)36-18-13(24)7-11(8-14(18)25)21(28,22(29,30)31)23(32,33)34/h2-9H,1H3,(H,36,38). The molecule has 2 amide bonds. The third-order valence-electron chi connectivity index (χ3n) is 5.32. The van der Waals surface area contributed by atoms with E-state index in [0.717, 1.165) is 17.2 Å². The lowest BCUT2D eigenvalue weighted by Gasteiger charge is -2.31. The maximum absolute atomic E-state index is 15.3. The largest absolute Gasteiger partial charge is 0.435 e. The van der Waals surface area contributed by atoms with Gasteiger partial charge in [-0.3, -0.25) is 9.59 Å². The van der Waals surface area contributed by atoms with Crippen LogP contribution in [0.1, 0.15) is 26.3 Å². The molecule has 0 fully saturated rings. The van der Waals surface area contributed by atoms with E-state index in [0.29, 0.717) is 0 Å². The van der Waals surface area contributed by atoms with E-state index in [1.165, 1.54) is 31.3 Å². The lowest BCUT2D eigenvalue weighted by Crippen LogP contribution is -2.50. The van der Waals surface area contributed by atoms with Crippen molar-refractivity contribution in [3.05, 3.63) is 85.3 Å². The van der Waals surface area contributed by atoms with Crippen molar-refractivity contribution in [2.75, 3.05) is 17.3 Å². The summed E-state index contributed by atoms with van der Waals surface area (Å²) in [6, 6.07) is 6.50. The molecule has 3 rings (SSSR count). The summed E-state index contributed by atoms with van der Waals surface area (Å²) in [7, 11) is 1.22. The second-order valence-corrected chi connectivity index (χ2v) is 9.89. The molecule has 5 nitrogen and oxygen atoms in total. The zero-order chi connectivity index (χ0) is 29.5. The third-order valence-corrected chi connectivity index (χ3v) is 6.80. The first-order chi connectivity index (χ1) is 17.9. The molecule has 208 valence electrons. The third kappa shape index (κ3) is 5.89. The lowest BCUT2D eigenvalue weighted by atomic mass is 9.94. The number of aromatic nitrogens is 1. The van der Waals surface area contributed by atoms with Crippen LogP contribution < -0.4 is 10.2 Å². The van der Waals surface area contributed by atoms with Crippen molar-refractivity contribution in [1.29, 1.82) is 0 Å². The van der Waals surface area contributed by atoms with Crippen LogP contribution in [0.5, 0.6) is 0 Å². The molecule has 1 heterocycles. The smallest absolute Gasteiger partial charge is 0.320 e. The van der Waals surface area contributed by atoms with Crippen LogP contribution in [0.25, 0.3) is 0 Å².